The largest absolute Gasteiger partial charge is 0.544 e. The van der Waals surface area contributed by atoms with Crippen molar-refractivity contribution in [3.05, 3.63) is 48.6 Å². The molecule has 0 radical (unpaired) electrons. The number of carbonyl (C=O) groups excluding carboxylic acids is 3. The molecular formula is C44H77NO7. The summed E-state index contributed by atoms with van der Waals surface area (Å²) in [5.74, 6) is -1.76. The van der Waals surface area contributed by atoms with Crippen molar-refractivity contribution in [2.24, 2.45) is 0 Å². The third-order valence-corrected chi connectivity index (χ3v) is 8.98. The maximum atomic E-state index is 12.7. The summed E-state index contributed by atoms with van der Waals surface area (Å²) in [6.07, 6.45) is 40.0. The minimum absolute atomic E-state index is 0.0363. The number of unbranched alkanes of at least 4 members (excludes halogenated alkanes) is 14. The van der Waals surface area contributed by atoms with Crippen LogP contribution in [0, 0.1) is 0 Å². The molecule has 0 aromatic heterocycles. The zero-order chi connectivity index (χ0) is 38.5. The zero-order valence-corrected chi connectivity index (χ0v) is 34.0. The van der Waals surface area contributed by atoms with Gasteiger partial charge in [-0.25, -0.2) is 0 Å². The van der Waals surface area contributed by atoms with Crippen molar-refractivity contribution in [2.75, 3.05) is 41.0 Å². The number of rotatable bonds is 36. The standard InChI is InChI=1S/C44H77NO7/c1-6-8-10-12-14-16-17-18-19-20-21-22-23-24-25-26-27-29-31-33-35-43(47)52-40(38-50-37-36-41(44(48)49)45(3,4)5)39-51-42(46)34-32-30-28-15-13-11-9-7-2/h8,10,14,16,18-19,21-22,40-41H,6-7,9,11-13,15,17,20,23-39H2,1-5H3/b10-8+,16-14+,19-18+,22-21+. The molecule has 8 heteroatoms. The van der Waals surface area contributed by atoms with Crippen LogP contribution in [0.15, 0.2) is 48.6 Å². The van der Waals surface area contributed by atoms with Crippen molar-refractivity contribution >= 4 is 17.9 Å². The van der Waals surface area contributed by atoms with Crippen molar-refractivity contribution in [2.45, 2.75) is 174 Å². The van der Waals surface area contributed by atoms with E-state index in [1.54, 1.807) is 21.1 Å². The minimum Gasteiger partial charge on any atom is -0.544 e. The summed E-state index contributed by atoms with van der Waals surface area (Å²) in [7, 11) is 5.39. The predicted molar refractivity (Wildman–Crippen MR) is 213 cm³/mol. The first kappa shape index (κ1) is 49.3. The highest BCUT2D eigenvalue weighted by atomic mass is 16.6. The highest BCUT2D eigenvalue weighted by Gasteiger charge is 2.25. The van der Waals surface area contributed by atoms with Crippen molar-refractivity contribution in [1.82, 2.24) is 0 Å². The van der Waals surface area contributed by atoms with E-state index in [9.17, 15) is 19.5 Å². The van der Waals surface area contributed by atoms with Gasteiger partial charge in [-0.05, 0) is 51.4 Å². The zero-order valence-electron chi connectivity index (χ0n) is 34.0. The number of nitrogens with zero attached hydrogens (tertiary/aromatic N) is 1. The molecular weight excluding hydrogens is 654 g/mol. The van der Waals surface area contributed by atoms with Crippen molar-refractivity contribution in [3.8, 4) is 0 Å². The smallest absolute Gasteiger partial charge is 0.306 e. The van der Waals surface area contributed by atoms with Crippen LogP contribution in [0.3, 0.4) is 0 Å². The van der Waals surface area contributed by atoms with E-state index in [0.717, 1.165) is 77.0 Å². The molecule has 52 heavy (non-hydrogen) atoms. The van der Waals surface area contributed by atoms with Crippen LogP contribution < -0.4 is 5.11 Å². The van der Waals surface area contributed by atoms with Gasteiger partial charge in [-0.2, -0.15) is 0 Å². The molecule has 0 aromatic carbocycles. The fraction of sp³-hybridized carbons (Fsp3) is 0.750. The third kappa shape index (κ3) is 33.1. The van der Waals surface area contributed by atoms with Gasteiger partial charge in [0.2, 0.25) is 0 Å². The van der Waals surface area contributed by atoms with E-state index in [1.807, 2.05) is 0 Å². The lowest BCUT2D eigenvalue weighted by Gasteiger charge is -2.34. The highest BCUT2D eigenvalue weighted by Crippen LogP contribution is 2.13. The number of carboxylic acid groups (broad SMARTS) is 1. The Morgan fingerprint density at radius 1 is 0.596 bits per heavy atom. The first-order valence-electron chi connectivity index (χ1n) is 20.7. The Bertz CT molecular complexity index is 995. The molecule has 0 aliphatic heterocycles. The van der Waals surface area contributed by atoms with Crippen LogP contribution in [-0.2, 0) is 28.6 Å². The van der Waals surface area contributed by atoms with Crippen LogP contribution in [0.5, 0.6) is 0 Å². The lowest BCUT2D eigenvalue weighted by atomic mass is 10.1. The lowest BCUT2D eigenvalue weighted by molar-refractivity contribution is -0.889. The molecule has 0 bridgehead atoms. The highest BCUT2D eigenvalue weighted by molar-refractivity contribution is 5.70. The fourth-order valence-corrected chi connectivity index (χ4v) is 5.77. The first-order valence-corrected chi connectivity index (χ1v) is 20.7. The number of hydrogen-bond acceptors (Lipinski definition) is 7. The van der Waals surface area contributed by atoms with Crippen LogP contribution >= 0.6 is 0 Å². The van der Waals surface area contributed by atoms with E-state index in [2.05, 4.69) is 62.5 Å². The third-order valence-electron chi connectivity index (χ3n) is 8.98. The van der Waals surface area contributed by atoms with E-state index >= 15 is 0 Å². The van der Waals surface area contributed by atoms with Crippen molar-refractivity contribution < 1.29 is 38.2 Å². The second-order valence-corrected chi connectivity index (χ2v) is 14.8. The molecule has 0 N–H and O–H groups in total. The van der Waals surface area contributed by atoms with Gasteiger partial charge in [0.05, 0.1) is 40.3 Å². The van der Waals surface area contributed by atoms with Crippen molar-refractivity contribution in [3.63, 3.8) is 0 Å². The lowest BCUT2D eigenvalue weighted by Crippen LogP contribution is -2.55. The number of esters is 2. The number of allylic oxidation sites excluding steroid dienone is 8. The molecule has 0 amide bonds. The van der Waals surface area contributed by atoms with E-state index in [4.69, 9.17) is 14.2 Å². The summed E-state index contributed by atoms with van der Waals surface area (Å²) in [5, 5.41) is 11.6. The summed E-state index contributed by atoms with van der Waals surface area (Å²) in [6.45, 7) is 4.49. The second kappa shape index (κ2) is 35.3. The van der Waals surface area contributed by atoms with Gasteiger partial charge in [0, 0.05) is 19.3 Å². The average Bonchev–Trinajstić information content (AvgIpc) is 3.09. The van der Waals surface area contributed by atoms with Gasteiger partial charge in [-0.15, -0.1) is 0 Å². The fourth-order valence-electron chi connectivity index (χ4n) is 5.77. The van der Waals surface area contributed by atoms with Crippen LogP contribution in [0.2, 0.25) is 0 Å². The second-order valence-electron chi connectivity index (χ2n) is 14.8. The normalized spacial score (nSPS) is 13.5. The number of carboxylic acids is 1. The molecule has 2 unspecified atom stereocenters. The summed E-state index contributed by atoms with van der Waals surface area (Å²) in [4.78, 5) is 36.6. The summed E-state index contributed by atoms with van der Waals surface area (Å²) in [5.41, 5.74) is 0. The maximum Gasteiger partial charge on any atom is 0.306 e. The SMILES string of the molecule is CC/C=C/C/C=C/C/C=C/C/C=C/CCCCCCCCCC(=O)OC(COCCC(C(=O)[O-])[N+](C)(C)C)COC(=O)CCCCCCCCCC. The van der Waals surface area contributed by atoms with Crippen molar-refractivity contribution in [1.29, 1.82) is 0 Å². The van der Waals surface area contributed by atoms with Gasteiger partial charge in [0.25, 0.3) is 0 Å². The topological polar surface area (TPSA) is 102 Å². The molecule has 0 aliphatic carbocycles. The van der Waals surface area contributed by atoms with Gasteiger partial charge in [-0.1, -0.05) is 140 Å². The number of quaternary nitrogens is 1. The molecule has 0 aliphatic rings. The van der Waals surface area contributed by atoms with Crippen LogP contribution in [0.25, 0.3) is 0 Å². The molecule has 0 rings (SSSR count). The average molecular weight is 732 g/mol. The Balaban J connectivity index is 4.31. The Morgan fingerprint density at radius 2 is 1.08 bits per heavy atom. The molecule has 0 heterocycles. The molecule has 8 nitrogen and oxygen atoms in total. The minimum atomic E-state index is -1.13. The molecule has 0 spiro atoms. The molecule has 0 saturated carbocycles. The quantitative estimate of drug-likeness (QED) is 0.0274. The summed E-state index contributed by atoms with van der Waals surface area (Å²) in [6, 6.07) is -0.726. The Kier molecular flexibility index (Phi) is 33.5. The van der Waals surface area contributed by atoms with Gasteiger partial charge in [0.15, 0.2) is 6.10 Å². The van der Waals surface area contributed by atoms with E-state index in [1.165, 1.54) is 51.4 Å². The van der Waals surface area contributed by atoms with Gasteiger partial charge in [0.1, 0.15) is 12.6 Å². The maximum absolute atomic E-state index is 12.7. The molecule has 0 saturated heterocycles. The molecule has 300 valence electrons. The Morgan fingerprint density at radius 3 is 1.60 bits per heavy atom. The van der Waals surface area contributed by atoms with Crippen LogP contribution in [0.4, 0.5) is 0 Å². The van der Waals surface area contributed by atoms with E-state index < -0.39 is 18.1 Å². The van der Waals surface area contributed by atoms with Gasteiger partial charge < -0.3 is 28.6 Å². The monoisotopic (exact) mass is 732 g/mol. The van der Waals surface area contributed by atoms with Crippen LogP contribution in [-0.4, -0.2) is 75.5 Å². The van der Waals surface area contributed by atoms with E-state index in [0.29, 0.717) is 12.8 Å². The Hall–Kier alpha value is -2.71. The van der Waals surface area contributed by atoms with Gasteiger partial charge >= 0.3 is 11.9 Å². The predicted octanol–water partition coefficient (Wildman–Crippen LogP) is 9.52. The number of aliphatic carboxylic acids is 1. The summed E-state index contributed by atoms with van der Waals surface area (Å²) >= 11 is 0. The summed E-state index contributed by atoms with van der Waals surface area (Å²) < 4.78 is 17.1. The van der Waals surface area contributed by atoms with Gasteiger partial charge in [-0.3, -0.25) is 9.59 Å². The number of hydrogen-bond donors (Lipinski definition) is 0. The molecule has 2 atom stereocenters. The number of ether oxygens (including phenoxy) is 3. The van der Waals surface area contributed by atoms with Crippen LogP contribution in [0.1, 0.15) is 162 Å². The molecule has 0 aromatic rings. The number of carbonyl (C=O) groups is 3. The number of likely N-dealkylation sites (N-methyl/N-ethyl adjacent to an activating group) is 1. The molecule has 0 fully saturated rings. The first-order chi connectivity index (χ1) is 25.1. The van der Waals surface area contributed by atoms with E-state index in [-0.39, 0.29) is 42.7 Å². The Labute approximate surface area is 318 Å².